The van der Waals surface area contributed by atoms with Crippen LogP contribution in [0, 0.1) is 0 Å². The molecule has 0 spiro atoms. The van der Waals surface area contributed by atoms with Gasteiger partial charge in [-0.1, -0.05) is 19.9 Å². The third-order valence-corrected chi connectivity index (χ3v) is 3.44. The second kappa shape index (κ2) is 6.78. The topological polar surface area (TPSA) is 47.7 Å². The van der Waals surface area contributed by atoms with Gasteiger partial charge in [0.1, 0.15) is 13.2 Å². The molecule has 1 unspecified atom stereocenters. The van der Waals surface area contributed by atoms with E-state index in [4.69, 9.17) is 15.2 Å². The lowest BCUT2D eigenvalue weighted by Gasteiger charge is -2.25. The van der Waals surface area contributed by atoms with Gasteiger partial charge in [-0.05, 0) is 37.2 Å². The predicted octanol–water partition coefficient (Wildman–Crippen LogP) is 2.19. The molecule has 4 nitrogen and oxygen atoms in total. The first-order chi connectivity index (χ1) is 9.24. The third kappa shape index (κ3) is 3.61. The van der Waals surface area contributed by atoms with Crippen molar-refractivity contribution in [2.24, 2.45) is 5.73 Å². The highest BCUT2D eigenvalue weighted by atomic mass is 16.6. The van der Waals surface area contributed by atoms with E-state index in [1.54, 1.807) is 0 Å². The highest BCUT2D eigenvalue weighted by Crippen LogP contribution is 2.32. The summed E-state index contributed by atoms with van der Waals surface area (Å²) in [4.78, 5) is 2.38. The summed E-state index contributed by atoms with van der Waals surface area (Å²) in [7, 11) is 0. The summed E-state index contributed by atoms with van der Waals surface area (Å²) in [5.74, 6) is 1.64. The summed E-state index contributed by atoms with van der Waals surface area (Å²) in [5, 5.41) is 0. The number of nitrogens with zero attached hydrogens (tertiary/aromatic N) is 1. The predicted molar refractivity (Wildman–Crippen MR) is 76.8 cm³/mol. The molecule has 1 aliphatic rings. The fourth-order valence-electron chi connectivity index (χ4n) is 2.37. The number of fused-ring (bicyclic) bond motifs is 1. The number of likely N-dealkylation sites (N-methyl/N-ethyl adjacent to an activating group) is 1. The minimum absolute atomic E-state index is 0.0160. The maximum atomic E-state index is 6.30. The Morgan fingerprint density at radius 3 is 2.63 bits per heavy atom. The van der Waals surface area contributed by atoms with Gasteiger partial charge >= 0.3 is 0 Å². The average molecular weight is 264 g/mol. The van der Waals surface area contributed by atoms with Crippen molar-refractivity contribution in [2.45, 2.75) is 26.3 Å². The Kier molecular flexibility index (Phi) is 5.05. The molecule has 0 aliphatic carbocycles. The summed E-state index contributed by atoms with van der Waals surface area (Å²) >= 11 is 0. The number of benzene rings is 1. The van der Waals surface area contributed by atoms with E-state index in [0.29, 0.717) is 13.2 Å². The quantitative estimate of drug-likeness (QED) is 0.855. The van der Waals surface area contributed by atoms with Crippen LogP contribution in [0.5, 0.6) is 11.5 Å². The minimum Gasteiger partial charge on any atom is -0.486 e. The molecule has 2 N–H and O–H groups in total. The highest BCUT2D eigenvalue weighted by Gasteiger charge is 2.16. The van der Waals surface area contributed by atoms with Gasteiger partial charge in [0.2, 0.25) is 0 Å². The van der Waals surface area contributed by atoms with E-state index >= 15 is 0 Å². The second-order valence-corrected chi connectivity index (χ2v) is 4.90. The van der Waals surface area contributed by atoms with Crippen LogP contribution in [-0.2, 0) is 0 Å². The van der Waals surface area contributed by atoms with Crippen LogP contribution in [-0.4, -0.2) is 37.7 Å². The molecular weight excluding hydrogens is 240 g/mol. The fraction of sp³-hybridized carbons (Fsp3) is 0.600. The first-order valence-corrected chi connectivity index (χ1v) is 7.12. The van der Waals surface area contributed by atoms with E-state index in [-0.39, 0.29) is 6.04 Å². The SMILES string of the molecule is CCCN(CC)CC(N)c1ccc2c(c1)OCCO2. The molecule has 106 valence electrons. The van der Waals surface area contributed by atoms with E-state index in [9.17, 15) is 0 Å². The number of nitrogens with two attached hydrogens (primary N) is 1. The molecular formula is C15H24N2O2. The molecule has 0 bridgehead atoms. The summed E-state index contributed by atoms with van der Waals surface area (Å²) in [6, 6.07) is 6.03. The summed E-state index contributed by atoms with van der Waals surface area (Å²) < 4.78 is 11.1. The van der Waals surface area contributed by atoms with Crippen LogP contribution in [0.15, 0.2) is 18.2 Å². The third-order valence-electron chi connectivity index (χ3n) is 3.44. The Labute approximate surface area is 115 Å². The molecule has 1 heterocycles. The minimum atomic E-state index is 0.0160. The van der Waals surface area contributed by atoms with Crippen LogP contribution in [0.1, 0.15) is 31.9 Å². The van der Waals surface area contributed by atoms with Crippen LogP contribution < -0.4 is 15.2 Å². The molecule has 0 radical (unpaired) electrons. The molecule has 0 amide bonds. The number of ether oxygens (including phenoxy) is 2. The second-order valence-electron chi connectivity index (χ2n) is 4.90. The first-order valence-electron chi connectivity index (χ1n) is 7.12. The van der Waals surface area contributed by atoms with Crippen molar-refractivity contribution in [3.05, 3.63) is 23.8 Å². The van der Waals surface area contributed by atoms with Crippen molar-refractivity contribution in [1.29, 1.82) is 0 Å². The van der Waals surface area contributed by atoms with Crippen molar-refractivity contribution >= 4 is 0 Å². The van der Waals surface area contributed by atoms with Gasteiger partial charge in [-0.2, -0.15) is 0 Å². The monoisotopic (exact) mass is 264 g/mol. The molecule has 0 saturated heterocycles. The maximum absolute atomic E-state index is 6.30. The van der Waals surface area contributed by atoms with E-state index in [1.165, 1.54) is 0 Å². The van der Waals surface area contributed by atoms with Crippen molar-refractivity contribution in [2.75, 3.05) is 32.8 Å². The Morgan fingerprint density at radius 1 is 1.21 bits per heavy atom. The molecule has 1 atom stereocenters. The largest absolute Gasteiger partial charge is 0.486 e. The zero-order chi connectivity index (χ0) is 13.7. The average Bonchev–Trinajstić information content (AvgIpc) is 2.46. The molecule has 2 rings (SSSR count). The first kappa shape index (κ1) is 14.2. The van der Waals surface area contributed by atoms with Crippen LogP contribution >= 0.6 is 0 Å². The Hall–Kier alpha value is -1.26. The van der Waals surface area contributed by atoms with Gasteiger partial charge in [0.25, 0.3) is 0 Å². The van der Waals surface area contributed by atoms with Gasteiger partial charge in [-0.25, -0.2) is 0 Å². The van der Waals surface area contributed by atoms with Gasteiger partial charge in [-0.15, -0.1) is 0 Å². The molecule has 1 aliphatic heterocycles. The zero-order valence-electron chi connectivity index (χ0n) is 11.9. The number of hydrogen-bond acceptors (Lipinski definition) is 4. The van der Waals surface area contributed by atoms with Gasteiger partial charge in [0.15, 0.2) is 11.5 Å². The smallest absolute Gasteiger partial charge is 0.161 e. The Morgan fingerprint density at radius 2 is 1.95 bits per heavy atom. The molecule has 0 saturated carbocycles. The van der Waals surface area contributed by atoms with Crippen molar-refractivity contribution in [3.63, 3.8) is 0 Å². The van der Waals surface area contributed by atoms with Crippen LogP contribution in [0.25, 0.3) is 0 Å². The van der Waals surface area contributed by atoms with Crippen LogP contribution in [0.3, 0.4) is 0 Å². The molecule has 0 fully saturated rings. The maximum Gasteiger partial charge on any atom is 0.161 e. The van der Waals surface area contributed by atoms with Crippen molar-refractivity contribution < 1.29 is 9.47 Å². The van der Waals surface area contributed by atoms with Crippen LogP contribution in [0.4, 0.5) is 0 Å². The van der Waals surface area contributed by atoms with Gasteiger partial charge in [0.05, 0.1) is 0 Å². The summed E-state index contributed by atoms with van der Waals surface area (Å²) in [6.45, 7) is 8.61. The normalized spacial score (nSPS) is 15.6. The standard InChI is InChI=1S/C15H24N2O2/c1-3-7-17(4-2)11-13(16)12-5-6-14-15(10-12)19-9-8-18-14/h5-6,10,13H,3-4,7-9,11,16H2,1-2H3. The zero-order valence-corrected chi connectivity index (χ0v) is 11.9. The lowest BCUT2D eigenvalue weighted by Crippen LogP contribution is -2.32. The lowest BCUT2D eigenvalue weighted by molar-refractivity contribution is 0.171. The van der Waals surface area contributed by atoms with E-state index in [0.717, 1.165) is 43.1 Å². The van der Waals surface area contributed by atoms with E-state index in [2.05, 4.69) is 18.7 Å². The molecule has 0 aromatic heterocycles. The lowest BCUT2D eigenvalue weighted by atomic mass is 10.1. The summed E-state index contributed by atoms with van der Waals surface area (Å²) in [5.41, 5.74) is 7.41. The van der Waals surface area contributed by atoms with Crippen molar-refractivity contribution in [1.82, 2.24) is 4.90 Å². The molecule has 1 aromatic rings. The molecule has 19 heavy (non-hydrogen) atoms. The Balaban J connectivity index is 2.04. The van der Waals surface area contributed by atoms with Crippen molar-refractivity contribution in [3.8, 4) is 11.5 Å². The molecule has 1 aromatic carbocycles. The number of rotatable bonds is 6. The van der Waals surface area contributed by atoms with Gasteiger partial charge < -0.3 is 20.1 Å². The highest BCUT2D eigenvalue weighted by molar-refractivity contribution is 5.44. The van der Waals surface area contributed by atoms with E-state index < -0.39 is 0 Å². The molecule has 4 heteroatoms. The fourth-order valence-corrected chi connectivity index (χ4v) is 2.37. The van der Waals surface area contributed by atoms with Gasteiger partial charge in [-0.3, -0.25) is 0 Å². The van der Waals surface area contributed by atoms with Gasteiger partial charge in [0, 0.05) is 12.6 Å². The number of hydrogen-bond donors (Lipinski definition) is 1. The summed E-state index contributed by atoms with van der Waals surface area (Å²) in [6.07, 6.45) is 1.15. The van der Waals surface area contributed by atoms with Crippen LogP contribution in [0.2, 0.25) is 0 Å². The van der Waals surface area contributed by atoms with E-state index in [1.807, 2.05) is 18.2 Å². The Bertz CT molecular complexity index is 409.